The van der Waals surface area contributed by atoms with Gasteiger partial charge in [0, 0.05) is 38.3 Å². The van der Waals surface area contributed by atoms with Crippen LogP contribution in [-0.2, 0) is 4.79 Å². The number of carbonyl (C=O) groups is 1. The summed E-state index contributed by atoms with van der Waals surface area (Å²) < 4.78 is 0. The van der Waals surface area contributed by atoms with E-state index in [9.17, 15) is 4.79 Å². The second-order valence-corrected chi connectivity index (χ2v) is 6.12. The monoisotopic (exact) mass is 232 g/mol. The molecular formula is C14H20N2O. The van der Waals surface area contributed by atoms with Gasteiger partial charge in [-0.1, -0.05) is 0 Å². The molecule has 0 aromatic carbocycles. The molecule has 4 aliphatic rings. The summed E-state index contributed by atoms with van der Waals surface area (Å²) in [6.07, 6.45) is 11.2. The van der Waals surface area contributed by atoms with E-state index in [1.807, 2.05) is 0 Å². The highest BCUT2D eigenvalue weighted by Gasteiger charge is 2.58. The van der Waals surface area contributed by atoms with Gasteiger partial charge in [0.25, 0.3) is 0 Å². The summed E-state index contributed by atoms with van der Waals surface area (Å²) in [7, 11) is 0. The third-order valence-electron chi connectivity index (χ3n) is 5.52. The van der Waals surface area contributed by atoms with Crippen molar-refractivity contribution in [2.24, 2.45) is 5.92 Å². The minimum absolute atomic E-state index is 0.181. The van der Waals surface area contributed by atoms with E-state index >= 15 is 0 Å². The van der Waals surface area contributed by atoms with Crippen LogP contribution in [0, 0.1) is 5.92 Å². The fourth-order valence-electron chi connectivity index (χ4n) is 4.83. The van der Waals surface area contributed by atoms with Crippen molar-refractivity contribution in [1.29, 1.82) is 0 Å². The molecule has 3 atom stereocenters. The van der Waals surface area contributed by atoms with E-state index in [2.05, 4.69) is 22.2 Å². The van der Waals surface area contributed by atoms with Crippen LogP contribution in [0.25, 0.3) is 0 Å². The zero-order valence-corrected chi connectivity index (χ0v) is 10.3. The minimum atomic E-state index is 0.181. The molecule has 3 aliphatic heterocycles. The molecule has 2 saturated heterocycles. The SMILES string of the molecule is O=C1CC[C@@H]2CCN3C=CN4CCCC4[C@]23C1. The molecule has 17 heavy (non-hydrogen) atoms. The Morgan fingerprint density at radius 2 is 2.12 bits per heavy atom. The number of hydrogen-bond acceptors (Lipinski definition) is 3. The standard InChI is InChI=1S/C14H20N2O/c17-12-4-3-11-5-7-16-9-8-15-6-1-2-13(15)14(11,16)10-12/h8-9,11,13H,1-7,10H2/t11-,13?,14+/m1/s1. The topological polar surface area (TPSA) is 23.6 Å². The summed E-state index contributed by atoms with van der Waals surface area (Å²) >= 11 is 0. The Morgan fingerprint density at radius 3 is 3.06 bits per heavy atom. The smallest absolute Gasteiger partial charge is 0.135 e. The average Bonchev–Trinajstić information content (AvgIpc) is 2.90. The first-order valence-electron chi connectivity index (χ1n) is 7.03. The van der Waals surface area contributed by atoms with Crippen LogP contribution >= 0.6 is 0 Å². The lowest BCUT2D eigenvalue weighted by atomic mass is 9.67. The highest BCUT2D eigenvalue weighted by atomic mass is 16.1. The van der Waals surface area contributed by atoms with Gasteiger partial charge < -0.3 is 9.80 Å². The largest absolute Gasteiger partial charge is 0.371 e. The van der Waals surface area contributed by atoms with Crippen molar-refractivity contribution >= 4 is 5.78 Å². The quantitative estimate of drug-likeness (QED) is 0.635. The van der Waals surface area contributed by atoms with Crippen LogP contribution < -0.4 is 0 Å². The predicted molar refractivity (Wildman–Crippen MR) is 65.3 cm³/mol. The maximum absolute atomic E-state index is 12.0. The number of carbonyl (C=O) groups excluding carboxylic acids is 1. The number of rotatable bonds is 0. The summed E-state index contributed by atoms with van der Waals surface area (Å²) in [6.45, 7) is 2.36. The van der Waals surface area contributed by atoms with Crippen molar-refractivity contribution < 1.29 is 4.79 Å². The Bertz CT molecular complexity index is 392. The first-order valence-corrected chi connectivity index (χ1v) is 7.03. The molecule has 0 bridgehead atoms. The number of hydrogen-bond donors (Lipinski definition) is 0. The first-order chi connectivity index (χ1) is 8.30. The van der Waals surface area contributed by atoms with Gasteiger partial charge in [0.15, 0.2) is 0 Å². The average molecular weight is 232 g/mol. The molecule has 4 rings (SSSR count). The van der Waals surface area contributed by atoms with E-state index in [-0.39, 0.29) is 5.54 Å². The van der Waals surface area contributed by atoms with Crippen molar-refractivity contribution in [3.05, 3.63) is 12.4 Å². The highest BCUT2D eigenvalue weighted by molar-refractivity contribution is 5.81. The summed E-state index contributed by atoms with van der Waals surface area (Å²) in [5, 5.41) is 0. The van der Waals surface area contributed by atoms with Crippen LogP contribution in [-0.4, -0.2) is 40.3 Å². The van der Waals surface area contributed by atoms with Crippen molar-refractivity contribution in [2.75, 3.05) is 13.1 Å². The van der Waals surface area contributed by atoms with E-state index in [0.717, 1.165) is 25.2 Å². The van der Waals surface area contributed by atoms with Crippen molar-refractivity contribution in [1.82, 2.24) is 9.80 Å². The van der Waals surface area contributed by atoms with Crippen LogP contribution in [0.4, 0.5) is 0 Å². The molecule has 1 aliphatic carbocycles. The molecule has 1 saturated carbocycles. The third-order valence-corrected chi connectivity index (χ3v) is 5.52. The maximum Gasteiger partial charge on any atom is 0.135 e. The Morgan fingerprint density at radius 1 is 1.18 bits per heavy atom. The van der Waals surface area contributed by atoms with E-state index in [1.54, 1.807) is 0 Å². The normalized spacial score (nSPS) is 43.6. The van der Waals surface area contributed by atoms with Gasteiger partial charge >= 0.3 is 0 Å². The molecule has 3 fully saturated rings. The Hall–Kier alpha value is -0.990. The van der Waals surface area contributed by atoms with Gasteiger partial charge in [-0.05, 0) is 31.6 Å². The van der Waals surface area contributed by atoms with Crippen molar-refractivity contribution in [3.8, 4) is 0 Å². The molecule has 0 aromatic rings. The molecule has 1 unspecified atom stereocenters. The van der Waals surface area contributed by atoms with Crippen molar-refractivity contribution in [3.63, 3.8) is 0 Å². The summed E-state index contributed by atoms with van der Waals surface area (Å²) in [6, 6.07) is 0.615. The molecular weight excluding hydrogens is 212 g/mol. The summed E-state index contributed by atoms with van der Waals surface area (Å²) in [5.74, 6) is 1.26. The van der Waals surface area contributed by atoms with Crippen LogP contribution in [0.2, 0.25) is 0 Å². The summed E-state index contributed by atoms with van der Waals surface area (Å²) in [4.78, 5) is 17.0. The molecule has 1 spiro atoms. The Labute approximate surface area is 102 Å². The second kappa shape index (κ2) is 3.27. The van der Waals surface area contributed by atoms with Gasteiger partial charge in [-0.3, -0.25) is 4.79 Å². The fourth-order valence-corrected chi connectivity index (χ4v) is 4.83. The zero-order chi connectivity index (χ0) is 11.5. The highest BCUT2D eigenvalue weighted by Crippen LogP contribution is 2.51. The molecule has 3 heteroatoms. The third kappa shape index (κ3) is 1.15. The van der Waals surface area contributed by atoms with Crippen LogP contribution in [0.5, 0.6) is 0 Å². The van der Waals surface area contributed by atoms with E-state index < -0.39 is 0 Å². The molecule has 0 amide bonds. The lowest BCUT2D eigenvalue weighted by molar-refractivity contribution is -0.127. The van der Waals surface area contributed by atoms with Gasteiger partial charge in [-0.15, -0.1) is 0 Å². The van der Waals surface area contributed by atoms with Crippen LogP contribution in [0.1, 0.15) is 38.5 Å². The Balaban J connectivity index is 1.80. The molecule has 0 N–H and O–H groups in total. The maximum atomic E-state index is 12.0. The lowest BCUT2D eigenvalue weighted by Crippen LogP contribution is -2.62. The van der Waals surface area contributed by atoms with Gasteiger partial charge in [-0.2, -0.15) is 0 Å². The number of nitrogens with zero attached hydrogens (tertiary/aromatic N) is 2. The van der Waals surface area contributed by atoms with E-state index in [1.165, 1.54) is 32.4 Å². The van der Waals surface area contributed by atoms with Crippen LogP contribution in [0.15, 0.2) is 12.4 Å². The van der Waals surface area contributed by atoms with E-state index in [4.69, 9.17) is 0 Å². The molecule has 3 nitrogen and oxygen atoms in total. The number of fused-ring (bicyclic) bond motifs is 1. The molecule has 92 valence electrons. The summed E-state index contributed by atoms with van der Waals surface area (Å²) in [5.41, 5.74) is 0.181. The van der Waals surface area contributed by atoms with Crippen molar-refractivity contribution in [2.45, 2.75) is 50.1 Å². The van der Waals surface area contributed by atoms with Gasteiger partial charge in [-0.25, -0.2) is 0 Å². The van der Waals surface area contributed by atoms with Gasteiger partial charge in [0.2, 0.25) is 0 Å². The van der Waals surface area contributed by atoms with Gasteiger partial charge in [0.1, 0.15) is 5.78 Å². The molecule has 0 aromatic heterocycles. The predicted octanol–water partition coefficient (Wildman–Crippen LogP) is 1.75. The fraction of sp³-hybridized carbons (Fsp3) is 0.786. The Kier molecular flexibility index (Phi) is 1.92. The second-order valence-electron chi connectivity index (χ2n) is 6.12. The number of ketones is 1. The van der Waals surface area contributed by atoms with Crippen LogP contribution in [0.3, 0.4) is 0 Å². The van der Waals surface area contributed by atoms with E-state index in [0.29, 0.717) is 11.8 Å². The first kappa shape index (κ1) is 9.98. The number of Topliss-reactive ketones (excluding diaryl/α,β-unsaturated/α-hetero) is 1. The molecule has 0 radical (unpaired) electrons. The zero-order valence-electron chi connectivity index (χ0n) is 10.3. The molecule has 3 heterocycles. The van der Waals surface area contributed by atoms with Gasteiger partial charge in [0.05, 0.1) is 11.6 Å². The lowest BCUT2D eigenvalue weighted by Gasteiger charge is -2.53. The minimum Gasteiger partial charge on any atom is -0.371 e.